The zero-order chi connectivity index (χ0) is 15.0. The van der Waals surface area contributed by atoms with E-state index in [0.717, 1.165) is 18.4 Å². The molecule has 2 amide bonds. The number of carbonyl (C=O) groups is 2. The minimum absolute atomic E-state index is 0.245. The first-order chi connectivity index (χ1) is 9.58. The van der Waals surface area contributed by atoms with Gasteiger partial charge in [0.05, 0.1) is 13.7 Å². The summed E-state index contributed by atoms with van der Waals surface area (Å²) in [7, 11) is 1.31. The summed E-state index contributed by atoms with van der Waals surface area (Å²) in [4.78, 5) is 22.4. The van der Waals surface area contributed by atoms with Gasteiger partial charge in [-0.2, -0.15) is 0 Å². The Balaban J connectivity index is 2.88. The zero-order valence-corrected chi connectivity index (χ0v) is 11.8. The van der Waals surface area contributed by atoms with E-state index in [1.54, 1.807) is 18.2 Å². The fourth-order valence-corrected chi connectivity index (χ4v) is 1.60. The van der Waals surface area contributed by atoms with E-state index in [4.69, 9.17) is 15.2 Å². The van der Waals surface area contributed by atoms with Crippen molar-refractivity contribution in [3.05, 3.63) is 29.3 Å². The van der Waals surface area contributed by atoms with Gasteiger partial charge >= 0.3 is 12.0 Å². The normalized spacial score (nSPS) is 9.90. The molecule has 1 aromatic carbocycles. The van der Waals surface area contributed by atoms with Gasteiger partial charge in [-0.15, -0.1) is 0 Å². The minimum Gasteiger partial charge on any atom is -0.493 e. The van der Waals surface area contributed by atoms with Crippen LogP contribution in [0.15, 0.2) is 18.2 Å². The molecule has 3 N–H and O–H groups in total. The molecule has 0 atom stereocenters. The molecule has 6 heteroatoms. The lowest BCUT2D eigenvalue weighted by Crippen LogP contribution is -2.28. The number of primary amides is 1. The van der Waals surface area contributed by atoms with Crippen LogP contribution in [0.25, 0.3) is 0 Å². The number of ether oxygens (including phenoxy) is 2. The quantitative estimate of drug-likeness (QED) is 0.588. The summed E-state index contributed by atoms with van der Waals surface area (Å²) in [6, 6.07) is 4.47. The van der Waals surface area contributed by atoms with E-state index in [9.17, 15) is 9.59 Å². The number of amides is 2. The second-order valence-electron chi connectivity index (χ2n) is 4.24. The van der Waals surface area contributed by atoms with Crippen LogP contribution < -0.4 is 15.8 Å². The van der Waals surface area contributed by atoms with E-state index in [-0.39, 0.29) is 6.54 Å². The molecule has 110 valence electrons. The molecule has 0 aliphatic heterocycles. The predicted octanol–water partition coefficient (Wildman–Crippen LogP) is 1.82. The number of benzene rings is 1. The first-order valence-corrected chi connectivity index (χ1v) is 6.45. The molecule has 0 saturated heterocycles. The van der Waals surface area contributed by atoms with Crippen molar-refractivity contribution in [1.29, 1.82) is 0 Å². The second-order valence-corrected chi connectivity index (χ2v) is 4.24. The minimum atomic E-state index is -0.618. The van der Waals surface area contributed by atoms with Gasteiger partial charge in [-0.3, -0.25) is 0 Å². The van der Waals surface area contributed by atoms with Crippen molar-refractivity contribution in [1.82, 2.24) is 5.32 Å². The molecule has 0 spiro atoms. The van der Waals surface area contributed by atoms with Crippen molar-refractivity contribution in [2.75, 3.05) is 13.7 Å². The summed E-state index contributed by atoms with van der Waals surface area (Å²) in [5, 5.41) is 2.46. The van der Waals surface area contributed by atoms with E-state index in [0.29, 0.717) is 17.9 Å². The molecule has 0 unspecified atom stereocenters. The highest BCUT2D eigenvalue weighted by Crippen LogP contribution is 2.21. The summed E-state index contributed by atoms with van der Waals surface area (Å²) < 4.78 is 10.3. The van der Waals surface area contributed by atoms with Crippen LogP contribution in [0.3, 0.4) is 0 Å². The Morgan fingerprint density at radius 3 is 2.70 bits per heavy atom. The number of urea groups is 1. The highest BCUT2D eigenvalue weighted by Gasteiger charge is 2.14. The van der Waals surface area contributed by atoms with Crippen LogP contribution in [0.2, 0.25) is 0 Å². The third-order valence-electron chi connectivity index (χ3n) is 2.67. The van der Waals surface area contributed by atoms with Crippen molar-refractivity contribution < 1.29 is 19.1 Å². The number of nitrogens with one attached hydrogen (secondary N) is 1. The number of hydrogen-bond acceptors (Lipinski definition) is 4. The van der Waals surface area contributed by atoms with Crippen LogP contribution in [0.1, 0.15) is 35.7 Å². The molecule has 0 aromatic heterocycles. The Morgan fingerprint density at radius 2 is 2.10 bits per heavy atom. The SMILES string of the molecule is CCCCOc1ccc(CNC(N)=O)cc1C(=O)OC. The van der Waals surface area contributed by atoms with Crippen molar-refractivity contribution in [3.8, 4) is 5.75 Å². The van der Waals surface area contributed by atoms with Crippen molar-refractivity contribution >= 4 is 12.0 Å². The summed E-state index contributed by atoms with van der Waals surface area (Å²) in [5.74, 6) is 0.00514. The van der Waals surface area contributed by atoms with Gasteiger partial charge in [0.15, 0.2) is 0 Å². The van der Waals surface area contributed by atoms with Crippen molar-refractivity contribution in [2.24, 2.45) is 5.73 Å². The van der Waals surface area contributed by atoms with E-state index in [1.807, 2.05) is 0 Å². The van der Waals surface area contributed by atoms with Crippen LogP contribution in [0.4, 0.5) is 4.79 Å². The molecule has 20 heavy (non-hydrogen) atoms. The summed E-state index contributed by atoms with van der Waals surface area (Å²) >= 11 is 0. The maximum atomic E-state index is 11.7. The van der Waals surface area contributed by atoms with Crippen LogP contribution >= 0.6 is 0 Å². The lowest BCUT2D eigenvalue weighted by Gasteiger charge is -2.12. The first kappa shape index (κ1) is 15.8. The van der Waals surface area contributed by atoms with E-state index < -0.39 is 12.0 Å². The summed E-state index contributed by atoms with van der Waals surface area (Å²) in [5.41, 5.74) is 6.09. The predicted molar refractivity (Wildman–Crippen MR) is 74.6 cm³/mol. The van der Waals surface area contributed by atoms with Gasteiger partial charge in [0.25, 0.3) is 0 Å². The number of esters is 1. The van der Waals surface area contributed by atoms with Gasteiger partial charge in [-0.25, -0.2) is 9.59 Å². The van der Waals surface area contributed by atoms with Gasteiger partial charge in [0.1, 0.15) is 11.3 Å². The van der Waals surface area contributed by atoms with Crippen molar-refractivity contribution in [3.63, 3.8) is 0 Å². The molecular weight excluding hydrogens is 260 g/mol. The number of methoxy groups -OCH3 is 1. The van der Waals surface area contributed by atoms with E-state index in [1.165, 1.54) is 7.11 Å². The average Bonchev–Trinajstić information content (AvgIpc) is 2.45. The zero-order valence-electron chi connectivity index (χ0n) is 11.8. The fourth-order valence-electron chi connectivity index (χ4n) is 1.60. The Kier molecular flexibility index (Phi) is 6.36. The van der Waals surface area contributed by atoms with Gasteiger partial charge < -0.3 is 20.5 Å². The number of hydrogen-bond donors (Lipinski definition) is 2. The Hall–Kier alpha value is -2.24. The molecule has 0 aliphatic rings. The average molecular weight is 280 g/mol. The van der Waals surface area contributed by atoms with Crippen molar-refractivity contribution in [2.45, 2.75) is 26.3 Å². The molecule has 0 saturated carbocycles. The molecule has 0 aliphatic carbocycles. The third-order valence-corrected chi connectivity index (χ3v) is 2.67. The topological polar surface area (TPSA) is 90.6 Å². The van der Waals surface area contributed by atoms with Gasteiger partial charge in [-0.05, 0) is 24.1 Å². The second kappa shape index (κ2) is 8.04. The maximum absolute atomic E-state index is 11.7. The molecule has 1 aromatic rings. The fraction of sp³-hybridized carbons (Fsp3) is 0.429. The van der Waals surface area contributed by atoms with E-state index >= 15 is 0 Å². The lowest BCUT2D eigenvalue weighted by molar-refractivity contribution is 0.0596. The number of nitrogens with two attached hydrogens (primary N) is 1. The largest absolute Gasteiger partial charge is 0.493 e. The monoisotopic (exact) mass is 280 g/mol. The Morgan fingerprint density at radius 1 is 1.35 bits per heavy atom. The molecule has 1 rings (SSSR count). The number of carbonyl (C=O) groups excluding carboxylic acids is 2. The maximum Gasteiger partial charge on any atom is 0.341 e. The smallest absolute Gasteiger partial charge is 0.341 e. The van der Waals surface area contributed by atoms with Gasteiger partial charge in [0.2, 0.25) is 0 Å². The summed E-state index contributed by atoms with van der Waals surface area (Å²) in [6.07, 6.45) is 1.92. The standard InChI is InChI=1S/C14H20N2O4/c1-3-4-7-20-12-6-5-10(9-16-14(15)18)8-11(12)13(17)19-2/h5-6,8H,3-4,7,9H2,1-2H3,(H3,15,16,18). The Bertz CT molecular complexity index is 474. The Labute approximate surface area is 118 Å². The molecule has 6 nitrogen and oxygen atoms in total. The first-order valence-electron chi connectivity index (χ1n) is 6.45. The number of rotatable bonds is 7. The van der Waals surface area contributed by atoms with Gasteiger partial charge in [-0.1, -0.05) is 19.4 Å². The highest BCUT2D eigenvalue weighted by atomic mass is 16.5. The van der Waals surface area contributed by atoms with Crippen LogP contribution in [0.5, 0.6) is 5.75 Å². The number of unbranched alkanes of at least 4 members (excludes halogenated alkanes) is 1. The molecule has 0 heterocycles. The molecule has 0 radical (unpaired) electrons. The highest BCUT2D eigenvalue weighted by molar-refractivity contribution is 5.92. The third kappa shape index (κ3) is 4.79. The van der Waals surface area contributed by atoms with Crippen LogP contribution in [-0.4, -0.2) is 25.7 Å². The molecule has 0 bridgehead atoms. The van der Waals surface area contributed by atoms with Gasteiger partial charge in [0, 0.05) is 6.54 Å². The van der Waals surface area contributed by atoms with Crippen LogP contribution in [-0.2, 0) is 11.3 Å². The van der Waals surface area contributed by atoms with Crippen LogP contribution in [0, 0.1) is 0 Å². The molecule has 0 fully saturated rings. The lowest BCUT2D eigenvalue weighted by atomic mass is 10.1. The molecular formula is C14H20N2O4. The van der Waals surface area contributed by atoms with E-state index in [2.05, 4.69) is 12.2 Å². The summed E-state index contributed by atoms with van der Waals surface area (Å²) in [6.45, 7) is 2.84.